The van der Waals surface area contributed by atoms with Gasteiger partial charge in [0.15, 0.2) is 4.96 Å². The fraction of sp³-hybridized carbons (Fsp3) is 0. The number of amides is 1. The van der Waals surface area contributed by atoms with Crippen molar-refractivity contribution in [3.05, 3.63) is 71.3 Å². The molecule has 1 amide bonds. The minimum Gasteiger partial charge on any atom is -0.321 e. The van der Waals surface area contributed by atoms with Gasteiger partial charge in [-0.05, 0) is 24.3 Å². The molecule has 7 heteroatoms. The predicted octanol–water partition coefficient (Wildman–Crippen LogP) is 4.92. The summed E-state index contributed by atoms with van der Waals surface area (Å²) >= 11 is 3.11. The van der Waals surface area contributed by atoms with E-state index in [4.69, 9.17) is 0 Å². The Hall–Kier alpha value is -3.03. The zero-order valence-electron chi connectivity index (χ0n) is 13.4. The van der Waals surface area contributed by atoms with Crippen molar-refractivity contribution in [2.24, 2.45) is 0 Å². The summed E-state index contributed by atoms with van der Waals surface area (Å²) in [6.45, 7) is 0. The van der Waals surface area contributed by atoms with Crippen molar-refractivity contribution in [2.45, 2.75) is 0 Å². The predicted molar refractivity (Wildman–Crippen MR) is 106 cm³/mol. The molecule has 0 aliphatic carbocycles. The molecule has 1 N–H and O–H groups in total. The van der Waals surface area contributed by atoms with Gasteiger partial charge in [-0.15, -0.1) is 22.7 Å². The topological polar surface area (TPSA) is 59.3 Å². The molecule has 26 heavy (non-hydrogen) atoms. The minimum atomic E-state index is -0.145. The van der Waals surface area contributed by atoms with E-state index in [1.54, 1.807) is 22.9 Å². The Bertz CT molecular complexity index is 1220. The standard InChI is InChI=1S/C19H12N4OS2/c24-18(12-5-6-15-17(9-12)26-11-20-15)21-14-4-2-1-3-13(14)16-10-23-7-8-25-19(23)22-16/h1-11H,(H,21,24). The number of carbonyl (C=O) groups is 1. The summed E-state index contributed by atoms with van der Waals surface area (Å²) in [5.74, 6) is -0.145. The third-order valence-corrected chi connectivity index (χ3v) is 5.70. The summed E-state index contributed by atoms with van der Waals surface area (Å²) in [6, 6.07) is 13.3. The number of anilines is 1. The van der Waals surface area contributed by atoms with Crippen LogP contribution in [0, 0.1) is 0 Å². The fourth-order valence-corrected chi connectivity index (χ4v) is 4.28. The number of benzene rings is 2. The van der Waals surface area contributed by atoms with Gasteiger partial charge in [-0.25, -0.2) is 9.97 Å². The van der Waals surface area contributed by atoms with E-state index in [0.29, 0.717) is 5.56 Å². The van der Waals surface area contributed by atoms with E-state index >= 15 is 0 Å². The minimum absolute atomic E-state index is 0.145. The summed E-state index contributed by atoms with van der Waals surface area (Å²) in [5, 5.41) is 5.01. The number of nitrogens with one attached hydrogen (secondary N) is 1. The van der Waals surface area contributed by atoms with Gasteiger partial charge in [0.2, 0.25) is 0 Å². The van der Waals surface area contributed by atoms with E-state index in [2.05, 4.69) is 15.3 Å². The lowest BCUT2D eigenvalue weighted by molar-refractivity contribution is 0.102. The molecule has 0 aliphatic heterocycles. The van der Waals surface area contributed by atoms with Gasteiger partial charge < -0.3 is 5.32 Å². The maximum atomic E-state index is 12.7. The first-order chi connectivity index (χ1) is 12.8. The number of hydrogen-bond acceptors (Lipinski definition) is 5. The lowest BCUT2D eigenvalue weighted by Gasteiger charge is -2.09. The van der Waals surface area contributed by atoms with E-state index in [9.17, 15) is 4.79 Å². The highest BCUT2D eigenvalue weighted by molar-refractivity contribution is 7.16. The monoisotopic (exact) mass is 376 g/mol. The molecule has 2 aromatic carbocycles. The summed E-state index contributed by atoms with van der Waals surface area (Å²) in [4.78, 5) is 22.6. The number of imidazole rings is 1. The second-order valence-electron chi connectivity index (χ2n) is 5.75. The molecule has 3 aromatic heterocycles. The number of hydrogen-bond donors (Lipinski definition) is 1. The molecule has 126 valence electrons. The van der Waals surface area contributed by atoms with Gasteiger partial charge in [0.1, 0.15) is 0 Å². The lowest BCUT2D eigenvalue weighted by Crippen LogP contribution is -2.12. The van der Waals surface area contributed by atoms with Crippen molar-refractivity contribution in [3.63, 3.8) is 0 Å². The molecule has 0 radical (unpaired) electrons. The molecule has 0 atom stereocenters. The Labute approximate surface area is 156 Å². The zero-order chi connectivity index (χ0) is 17.5. The van der Waals surface area contributed by atoms with Crippen LogP contribution < -0.4 is 5.32 Å². The van der Waals surface area contributed by atoms with Crippen molar-refractivity contribution in [3.8, 4) is 11.3 Å². The molecule has 0 bridgehead atoms. The SMILES string of the molecule is O=C(Nc1ccccc1-c1cn2ccsc2n1)c1ccc2ncsc2c1. The number of aromatic nitrogens is 3. The van der Waals surface area contributed by atoms with Crippen molar-refractivity contribution >= 4 is 49.4 Å². The number of rotatable bonds is 3. The first-order valence-corrected chi connectivity index (χ1v) is 9.70. The maximum absolute atomic E-state index is 12.7. The molecular formula is C19H12N4OS2. The molecule has 0 saturated heterocycles. The quantitative estimate of drug-likeness (QED) is 0.486. The smallest absolute Gasteiger partial charge is 0.255 e. The molecule has 5 rings (SSSR count). The summed E-state index contributed by atoms with van der Waals surface area (Å²) < 4.78 is 2.98. The number of nitrogens with zero attached hydrogens (tertiary/aromatic N) is 3. The Morgan fingerprint density at radius 1 is 1.12 bits per heavy atom. The largest absolute Gasteiger partial charge is 0.321 e. The van der Waals surface area contributed by atoms with Crippen molar-refractivity contribution < 1.29 is 4.79 Å². The van der Waals surface area contributed by atoms with Crippen LogP contribution in [0.5, 0.6) is 0 Å². The second kappa shape index (κ2) is 6.05. The van der Waals surface area contributed by atoms with Crippen LogP contribution in [-0.4, -0.2) is 20.3 Å². The van der Waals surface area contributed by atoms with Crippen LogP contribution in [0.1, 0.15) is 10.4 Å². The van der Waals surface area contributed by atoms with Crippen LogP contribution >= 0.6 is 22.7 Å². The van der Waals surface area contributed by atoms with Gasteiger partial charge in [-0.1, -0.05) is 18.2 Å². The molecule has 3 heterocycles. The molecule has 5 aromatic rings. The fourth-order valence-electron chi connectivity index (χ4n) is 2.86. The van der Waals surface area contributed by atoms with Crippen LogP contribution in [0.15, 0.2) is 65.7 Å². The highest BCUT2D eigenvalue weighted by Gasteiger charge is 2.13. The Morgan fingerprint density at radius 3 is 2.96 bits per heavy atom. The highest BCUT2D eigenvalue weighted by atomic mass is 32.1. The number of thiazole rings is 2. The number of carbonyl (C=O) groups excluding carboxylic acids is 1. The van der Waals surface area contributed by atoms with Crippen LogP contribution in [0.3, 0.4) is 0 Å². The lowest BCUT2D eigenvalue weighted by atomic mass is 10.1. The summed E-state index contributed by atoms with van der Waals surface area (Å²) in [7, 11) is 0. The van der Waals surface area contributed by atoms with Gasteiger partial charge in [-0.3, -0.25) is 9.20 Å². The van der Waals surface area contributed by atoms with E-state index in [-0.39, 0.29) is 5.91 Å². The van der Waals surface area contributed by atoms with Gasteiger partial charge in [0, 0.05) is 28.9 Å². The van der Waals surface area contributed by atoms with Crippen molar-refractivity contribution in [1.82, 2.24) is 14.4 Å². The van der Waals surface area contributed by atoms with Crippen LogP contribution in [0.4, 0.5) is 5.69 Å². The number of fused-ring (bicyclic) bond motifs is 2. The van der Waals surface area contributed by atoms with E-state index in [0.717, 1.165) is 32.1 Å². The van der Waals surface area contributed by atoms with E-state index in [1.165, 1.54) is 11.3 Å². The van der Waals surface area contributed by atoms with Crippen LogP contribution in [0.25, 0.3) is 26.4 Å². The Kier molecular flexibility index (Phi) is 3.55. The average molecular weight is 376 g/mol. The summed E-state index contributed by atoms with van der Waals surface area (Å²) in [5.41, 5.74) is 5.79. The van der Waals surface area contributed by atoms with Gasteiger partial charge >= 0.3 is 0 Å². The van der Waals surface area contributed by atoms with Gasteiger partial charge in [0.25, 0.3) is 5.91 Å². The molecule has 0 fully saturated rings. The van der Waals surface area contributed by atoms with Gasteiger partial charge in [-0.2, -0.15) is 0 Å². The first kappa shape index (κ1) is 15.2. The van der Waals surface area contributed by atoms with E-state index < -0.39 is 0 Å². The Balaban J connectivity index is 1.50. The molecule has 0 aliphatic rings. The normalized spacial score (nSPS) is 11.2. The first-order valence-electron chi connectivity index (χ1n) is 7.94. The average Bonchev–Trinajstić information content (AvgIpc) is 3.37. The van der Waals surface area contributed by atoms with Gasteiger partial charge in [0.05, 0.1) is 27.1 Å². The molecule has 0 unspecified atom stereocenters. The van der Waals surface area contributed by atoms with Crippen molar-refractivity contribution in [1.29, 1.82) is 0 Å². The molecule has 0 saturated carbocycles. The van der Waals surface area contributed by atoms with E-state index in [1.807, 2.05) is 58.6 Å². The second-order valence-corrected chi connectivity index (χ2v) is 7.51. The molecular weight excluding hydrogens is 364 g/mol. The van der Waals surface area contributed by atoms with Crippen LogP contribution in [-0.2, 0) is 0 Å². The highest BCUT2D eigenvalue weighted by Crippen LogP contribution is 2.29. The third-order valence-electron chi connectivity index (χ3n) is 4.14. The van der Waals surface area contributed by atoms with Crippen molar-refractivity contribution in [2.75, 3.05) is 5.32 Å². The summed E-state index contributed by atoms with van der Waals surface area (Å²) in [6.07, 6.45) is 3.95. The van der Waals surface area contributed by atoms with Crippen LogP contribution in [0.2, 0.25) is 0 Å². The molecule has 0 spiro atoms. The third kappa shape index (κ3) is 2.58. The zero-order valence-corrected chi connectivity index (χ0v) is 15.1. The molecule has 5 nitrogen and oxygen atoms in total. The maximum Gasteiger partial charge on any atom is 0.255 e. The Morgan fingerprint density at radius 2 is 2.04 bits per heavy atom. The number of para-hydroxylation sites is 1.